The molecule has 0 saturated heterocycles. The van der Waals surface area contributed by atoms with Gasteiger partial charge in [-0.15, -0.1) is 11.3 Å². The Morgan fingerprint density at radius 1 is 0.414 bits per heavy atom. The molecular weight excluding hydrogens is 725 g/mol. The Hall–Kier alpha value is -7.40. The van der Waals surface area contributed by atoms with Gasteiger partial charge in [-0.2, -0.15) is 0 Å². The van der Waals surface area contributed by atoms with Gasteiger partial charge in [0, 0.05) is 64.2 Å². The van der Waals surface area contributed by atoms with Crippen molar-refractivity contribution >= 4 is 92.3 Å². The van der Waals surface area contributed by atoms with Crippen LogP contribution < -0.4 is 4.90 Å². The fourth-order valence-corrected chi connectivity index (χ4v) is 10.1. The van der Waals surface area contributed by atoms with Crippen molar-refractivity contribution in [2.24, 2.45) is 0 Å². The lowest BCUT2D eigenvalue weighted by molar-refractivity contribution is 0.670. The highest BCUT2D eigenvalue weighted by Gasteiger charge is 2.25. The number of para-hydroxylation sites is 5. The van der Waals surface area contributed by atoms with Crippen LogP contribution in [0.1, 0.15) is 0 Å². The number of hydrogen-bond acceptors (Lipinski definition) is 3. The maximum Gasteiger partial charge on any atom is 0.145 e. The normalized spacial score (nSPS) is 11.8. The molecule has 0 aliphatic carbocycles. The fraction of sp³-hybridized carbons (Fsp3) is 0. The lowest BCUT2D eigenvalue weighted by Gasteiger charge is -2.30. The van der Waals surface area contributed by atoms with Crippen LogP contribution in [-0.4, -0.2) is 4.57 Å². The van der Waals surface area contributed by atoms with E-state index in [1.54, 1.807) is 0 Å². The molecule has 3 aromatic heterocycles. The molecule has 0 amide bonds. The van der Waals surface area contributed by atoms with Crippen LogP contribution in [0, 0.1) is 0 Å². The average Bonchev–Trinajstić information content (AvgIpc) is 3.97. The maximum absolute atomic E-state index is 6.88. The van der Waals surface area contributed by atoms with Gasteiger partial charge in [0.25, 0.3) is 0 Å². The van der Waals surface area contributed by atoms with Crippen LogP contribution in [-0.2, 0) is 0 Å². The van der Waals surface area contributed by atoms with Crippen molar-refractivity contribution in [3.8, 4) is 27.9 Å². The van der Waals surface area contributed by atoms with Crippen LogP contribution in [0.5, 0.6) is 0 Å². The molecule has 0 bridgehead atoms. The van der Waals surface area contributed by atoms with Crippen molar-refractivity contribution < 1.29 is 4.42 Å². The van der Waals surface area contributed by atoms with Crippen molar-refractivity contribution in [1.82, 2.24) is 4.57 Å². The molecule has 0 N–H and O–H groups in total. The van der Waals surface area contributed by atoms with E-state index in [1.807, 2.05) is 17.4 Å². The van der Waals surface area contributed by atoms with Gasteiger partial charge in [0.1, 0.15) is 11.2 Å². The monoisotopic (exact) mass is 758 g/mol. The van der Waals surface area contributed by atoms with Gasteiger partial charge in [0.15, 0.2) is 0 Å². The highest BCUT2D eigenvalue weighted by Crippen LogP contribution is 2.49. The first kappa shape index (κ1) is 32.8. The molecule has 0 saturated carbocycles. The Bertz CT molecular complexity index is 3460. The molecule has 3 heterocycles. The van der Waals surface area contributed by atoms with Crippen LogP contribution >= 0.6 is 11.3 Å². The summed E-state index contributed by atoms with van der Waals surface area (Å²) in [4.78, 5) is 2.41. The summed E-state index contributed by atoms with van der Waals surface area (Å²) in [7, 11) is 0. The maximum atomic E-state index is 6.88. The predicted octanol–water partition coefficient (Wildman–Crippen LogP) is 15.9. The van der Waals surface area contributed by atoms with Crippen LogP contribution in [0.3, 0.4) is 0 Å². The number of hydrogen-bond donors (Lipinski definition) is 0. The third-order valence-corrected chi connectivity index (χ3v) is 12.8. The molecule has 12 rings (SSSR count). The molecule has 272 valence electrons. The third kappa shape index (κ3) is 5.05. The average molecular weight is 759 g/mol. The minimum atomic E-state index is 0.868. The third-order valence-electron chi connectivity index (χ3n) is 11.6. The molecule has 9 aromatic carbocycles. The molecule has 0 radical (unpaired) electrons. The molecule has 0 spiro atoms. The van der Waals surface area contributed by atoms with Gasteiger partial charge >= 0.3 is 0 Å². The summed E-state index contributed by atoms with van der Waals surface area (Å²) in [5, 5.41) is 7.28. The quantitative estimate of drug-likeness (QED) is 0.168. The van der Waals surface area contributed by atoms with Gasteiger partial charge in [-0.25, -0.2) is 0 Å². The van der Waals surface area contributed by atoms with Gasteiger partial charge in [0.05, 0.1) is 22.4 Å². The smallest absolute Gasteiger partial charge is 0.145 e. The number of thiophene rings is 1. The summed E-state index contributed by atoms with van der Waals surface area (Å²) >= 11 is 1.85. The van der Waals surface area contributed by atoms with Crippen LogP contribution in [0.15, 0.2) is 211 Å². The highest BCUT2D eigenvalue weighted by atomic mass is 32.1. The number of furan rings is 1. The number of fused-ring (bicyclic) bond motifs is 9. The number of aromatic nitrogens is 1. The zero-order valence-electron chi connectivity index (χ0n) is 31.3. The van der Waals surface area contributed by atoms with E-state index in [0.717, 1.165) is 61.4 Å². The standard InChI is InChI=1S/C54H34N2OS/c1-2-14-37(15-3-1)56(46-21-9-4-16-39(46)36-28-33-52-45(34-36)43-20-8-13-25-51(43)58-52)49-32-31-44-42-19-7-12-24-50(42)57-54(44)53(49)35-26-29-38(30-27-35)55-47-22-10-5-17-40(47)41-18-6-11-23-48(41)55/h1-34H. The van der Waals surface area contributed by atoms with E-state index >= 15 is 0 Å². The van der Waals surface area contributed by atoms with E-state index < -0.39 is 0 Å². The Morgan fingerprint density at radius 2 is 1.03 bits per heavy atom. The van der Waals surface area contributed by atoms with Crippen LogP contribution in [0.4, 0.5) is 17.1 Å². The summed E-state index contributed by atoms with van der Waals surface area (Å²) in [5.41, 5.74) is 12.9. The van der Waals surface area contributed by atoms with Gasteiger partial charge in [0.2, 0.25) is 0 Å². The zero-order valence-corrected chi connectivity index (χ0v) is 32.2. The van der Waals surface area contributed by atoms with Crippen LogP contribution in [0.2, 0.25) is 0 Å². The summed E-state index contributed by atoms with van der Waals surface area (Å²) in [6.45, 7) is 0. The number of nitrogens with zero attached hydrogens (tertiary/aromatic N) is 2. The lowest BCUT2D eigenvalue weighted by Crippen LogP contribution is -2.12. The topological polar surface area (TPSA) is 21.3 Å². The zero-order chi connectivity index (χ0) is 38.2. The van der Waals surface area contributed by atoms with E-state index in [0.29, 0.717) is 0 Å². The van der Waals surface area contributed by atoms with E-state index in [1.165, 1.54) is 47.5 Å². The summed E-state index contributed by atoms with van der Waals surface area (Å²) in [5.74, 6) is 0. The van der Waals surface area contributed by atoms with E-state index in [-0.39, 0.29) is 0 Å². The van der Waals surface area contributed by atoms with Crippen molar-refractivity contribution in [2.45, 2.75) is 0 Å². The molecule has 12 aromatic rings. The Kier molecular flexibility index (Phi) is 7.40. The second-order valence-electron chi connectivity index (χ2n) is 14.8. The lowest BCUT2D eigenvalue weighted by atomic mass is 9.96. The van der Waals surface area contributed by atoms with Gasteiger partial charge in [-0.05, 0) is 90.0 Å². The van der Waals surface area contributed by atoms with E-state index in [4.69, 9.17) is 4.42 Å². The van der Waals surface area contributed by atoms with Crippen LogP contribution in [0.25, 0.3) is 91.9 Å². The largest absolute Gasteiger partial charge is 0.455 e. The van der Waals surface area contributed by atoms with Crippen molar-refractivity contribution in [1.29, 1.82) is 0 Å². The van der Waals surface area contributed by atoms with Gasteiger partial charge in [-0.1, -0.05) is 127 Å². The SMILES string of the molecule is c1ccc(N(c2ccccc2-c2ccc3sc4ccccc4c3c2)c2ccc3c(oc4ccccc43)c2-c2ccc(-n3c4ccccc4c4ccccc43)cc2)cc1. The Morgan fingerprint density at radius 3 is 1.83 bits per heavy atom. The predicted molar refractivity (Wildman–Crippen MR) is 247 cm³/mol. The van der Waals surface area contributed by atoms with E-state index in [2.05, 4.69) is 210 Å². The summed E-state index contributed by atoms with van der Waals surface area (Å²) in [6, 6.07) is 74.4. The number of rotatable bonds is 6. The first-order valence-electron chi connectivity index (χ1n) is 19.7. The number of benzene rings is 9. The summed E-state index contributed by atoms with van der Waals surface area (Å²) in [6.07, 6.45) is 0. The summed E-state index contributed by atoms with van der Waals surface area (Å²) < 4.78 is 11.9. The molecule has 3 nitrogen and oxygen atoms in total. The first-order valence-corrected chi connectivity index (χ1v) is 20.5. The van der Waals surface area contributed by atoms with Gasteiger partial charge < -0.3 is 13.9 Å². The fourth-order valence-electron chi connectivity index (χ4n) is 9.01. The van der Waals surface area contributed by atoms with Crippen molar-refractivity contribution in [3.63, 3.8) is 0 Å². The minimum Gasteiger partial charge on any atom is -0.455 e. The molecule has 0 atom stereocenters. The van der Waals surface area contributed by atoms with Crippen molar-refractivity contribution in [2.75, 3.05) is 4.90 Å². The number of anilines is 3. The molecular formula is C54H34N2OS. The van der Waals surface area contributed by atoms with Crippen molar-refractivity contribution in [3.05, 3.63) is 206 Å². The molecule has 0 unspecified atom stereocenters. The van der Waals surface area contributed by atoms with E-state index in [9.17, 15) is 0 Å². The second kappa shape index (κ2) is 13.1. The molecule has 0 fully saturated rings. The second-order valence-corrected chi connectivity index (χ2v) is 15.9. The molecule has 0 aliphatic heterocycles. The molecule has 4 heteroatoms. The minimum absolute atomic E-state index is 0.868. The Labute approximate surface area is 338 Å². The van der Waals surface area contributed by atoms with Gasteiger partial charge in [-0.3, -0.25) is 0 Å². The molecule has 58 heavy (non-hydrogen) atoms. The molecule has 0 aliphatic rings. The Balaban J connectivity index is 1.10. The highest BCUT2D eigenvalue weighted by molar-refractivity contribution is 7.25. The first-order chi connectivity index (χ1) is 28.8.